The topological polar surface area (TPSA) is 27.7 Å². The molecule has 0 saturated carbocycles. The molecule has 120 valence electrons. The van der Waals surface area contributed by atoms with Gasteiger partial charge in [0.2, 0.25) is 0 Å². The Labute approximate surface area is 138 Å². The Kier molecular flexibility index (Phi) is 4.32. The van der Waals surface area contributed by atoms with E-state index < -0.39 is 7.12 Å². The van der Waals surface area contributed by atoms with Gasteiger partial charge in [0.05, 0.1) is 17.8 Å². The average Bonchev–Trinajstić information content (AvgIpc) is 2.69. The van der Waals surface area contributed by atoms with E-state index in [0.29, 0.717) is 10.9 Å². The van der Waals surface area contributed by atoms with Crippen LogP contribution in [0.1, 0.15) is 52.0 Å². The van der Waals surface area contributed by atoms with Gasteiger partial charge in [-0.15, -0.1) is 0 Å². The van der Waals surface area contributed by atoms with Crippen molar-refractivity contribution in [3.63, 3.8) is 0 Å². The van der Waals surface area contributed by atoms with Gasteiger partial charge in [0.1, 0.15) is 0 Å². The first-order chi connectivity index (χ1) is 10.3. The van der Waals surface area contributed by atoms with Gasteiger partial charge in [0.25, 0.3) is 0 Å². The maximum atomic E-state index is 6.41. The summed E-state index contributed by atoms with van der Waals surface area (Å²) in [6.45, 7) is 9.87. The molecule has 1 aromatic rings. The van der Waals surface area contributed by atoms with Gasteiger partial charge in [-0.3, -0.25) is 0 Å². The third-order valence-electron chi connectivity index (χ3n) is 5.16. The lowest BCUT2D eigenvalue weighted by molar-refractivity contribution is 0.00578. The van der Waals surface area contributed by atoms with Crippen LogP contribution < -0.4 is 5.46 Å². The van der Waals surface area contributed by atoms with Crippen LogP contribution in [-0.4, -0.2) is 31.5 Å². The number of hydrogen-bond acceptors (Lipinski definition) is 3. The highest BCUT2D eigenvalue weighted by atomic mass is 35.5. The highest BCUT2D eigenvalue weighted by Gasteiger charge is 2.52. The summed E-state index contributed by atoms with van der Waals surface area (Å²) in [5, 5.41) is 0.693. The Bertz CT molecular complexity index is 537. The van der Waals surface area contributed by atoms with Crippen molar-refractivity contribution in [2.75, 3.05) is 13.2 Å². The molecule has 2 aliphatic heterocycles. The fraction of sp³-hybridized carbons (Fsp3) is 0.647. The smallest absolute Gasteiger partial charge is 0.399 e. The zero-order chi connectivity index (χ0) is 16.0. The molecule has 2 fully saturated rings. The predicted octanol–water partition coefficient (Wildman–Crippen LogP) is 3.53. The summed E-state index contributed by atoms with van der Waals surface area (Å²) >= 11 is 6.41. The summed E-state index contributed by atoms with van der Waals surface area (Å²) in [4.78, 5) is 0. The fourth-order valence-electron chi connectivity index (χ4n) is 2.97. The molecule has 0 aromatic heterocycles. The Balaban J connectivity index is 1.88. The van der Waals surface area contributed by atoms with Gasteiger partial charge in [0.15, 0.2) is 0 Å². The number of benzene rings is 1. The van der Waals surface area contributed by atoms with Crippen LogP contribution in [-0.2, 0) is 14.0 Å². The first-order valence-electron chi connectivity index (χ1n) is 8.03. The fourth-order valence-corrected chi connectivity index (χ4v) is 3.18. The molecule has 0 bridgehead atoms. The van der Waals surface area contributed by atoms with Crippen LogP contribution in [0.25, 0.3) is 0 Å². The molecular weight excluding hydrogens is 298 g/mol. The minimum Gasteiger partial charge on any atom is -0.399 e. The van der Waals surface area contributed by atoms with Gasteiger partial charge in [0, 0.05) is 23.0 Å². The van der Waals surface area contributed by atoms with E-state index in [9.17, 15) is 0 Å². The minimum atomic E-state index is -0.415. The Morgan fingerprint density at radius 3 is 2.41 bits per heavy atom. The zero-order valence-electron chi connectivity index (χ0n) is 13.8. The van der Waals surface area contributed by atoms with Crippen LogP contribution in [0.15, 0.2) is 18.2 Å². The zero-order valence-corrected chi connectivity index (χ0v) is 14.6. The van der Waals surface area contributed by atoms with E-state index in [2.05, 4.69) is 39.8 Å². The van der Waals surface area contributed by atoms with Crippen molar-refractivity contribution in [3.8, 4) is 0 Å². The molecule has 22 heavy (non-hydrogen) atoms. The average molecular weight is 323 g/mol. The monoisotopic (exact) mass is 322 g/mol. The second-order valence-corrected chi connectivity index (χ2v) is 7.69. The van der Waals surface area contributed by atoms with Crippen molar-refractivity contribution in [1.82, 2.24) is 0 Å². The lowest BCUT2D eigenvalue weighted by atomic mass is 9.77. The minimum absolute atomic E-state index is 0.356. The predicted molar refractivity (Wildman–Crippen MR) is 90.0 cm³/mol. The molecule has 3 nitrogen and oxygen atoms in total. The van der Waals surface area contributed by atoms with Gasteiger partial charge >= 0.3 is 7.12 Å². The molecule has 1 atom stereocenters. The normalized spacial score (nSPS) is 27.1. The maximum Gasteiger partial charge on any atom is 0.496 e. The van der Waals surface area contributed by atoms with Gasteiger partial charge in [-0.1, -0.05) is 23.7 Å². The van der Waals surface area contributed by atoms with Crippen molar-refractivity contribution < 1.29 is 14.0 Å². The first-order valence-corrected chi connectivity index (χ1v) is 8.41. The van der Waals surface area contributed by atoms with Gasteiger partial charge in [-0.2, -0.15) is 0 Å². The molecule has 2 aliphatic rings. The van der Waals surface area contributed by atoms with Crippen LogP contribution in [0.4, 0.5) is 0 Å². The van der Waals surface area contributed by atoms with Crippen molar-refractivity contribution in [2.45, 2.75) is 57.7 Å². The van der Waals surface area contributed by atoms with Gasteiger partial charge in [-0.25, -0.2) is 0 Å². The number of hydrogen-bond donors (Lipinski definition) is 0. The van der Waals surface area contributed by atoms with E-state index in [1.165, 1.54) is 5.56 Å². The summed E-state index contributed by atoms with van der Waals surface area (Å²) in [6, 6.07) is 6.17. The SMILES string of the molecule is CC1(C)OB(c2cc(C3CCCOC3)ccc2Cl)OC1(C)C. The Morgan fingerprint density at radius 1 is 1.14 bits per heavy atom. The van der Waals surface area contributed by atoms with Crippen molar-refractivity contribution >= 4 is 24.2 Å². The molecule has 0 amide bonds. The highest BCUT2D eigenvalue weighted by Crippen LogP contribution is 2.37. The Hall–Kier alpha value is -0.545. The van der Waals surface area contributed by atoms with Crippen molar-refractivity contribution in [1.29, 1.82) is 0 Å². The summed E-state index contributed by atoms with van der Waals surface area (Å²) in [5.74, 6) is 0.437. The largest absolute Gasteiger partial charge is 0.496 e. The van der Waals surface area contributed by atoms with E-state index in [4.69, 9.17) is 25.6 Å². The van der Waals surface area contributed by atoms with E-state index in [-0.39, 0.29) is 11.2 Å². The molecule has 0 spiro atoms. The molecule has 0 radical (unpaired) electrons. The lowest BCUT2D eigenvalue weighted by Crippen LogP contribution is -2.41. The van der Waals surface area contributed by atoms with Crippen LogP contribution in [0.5, 0.6) is 0 Å². The van der Waals surface area contributed by atoms with Gasteiger partial charge < -0.3 is 14.0 Å². The quantitative estimate of drug-likeness (QED) is 0.780. The first kappa shape index (κ1) is 16.3. The van der Waals surface area contributed by atoms with E-state index >= 15 is 0 Å². The number of ether oxygens (including phenoxy) is 1. The maximum absolute atomic E-state index is 6.41. The molecule has 3 rings (SSSR count). The molecule has 2 saturated heterocycles. The van der Waals surface area contributed by atoms with Crippen LogP contribution in [0, 0.1) is 0 Å². The van der Waals surface area contributed by atoms with E-state index in [0.717, 1.165) is 31.5 Å². The summed E-state index contributed by atoms with van der Waals surface area (Å²) < 4.78 is 17.9. The second kappa shape index (κ2) is 5.83. The molecular formula is C17H24BClO3. The van der Waals surface area contributed by atoms with E-state index in [1.54, 1.807) is 0 Å². The van der Waals surface area contributed by atoms with Crippen LogP contribution >= 0.6 is 11.6 Å². The Morgan fingerprint density at radius 2 is 1.82 bits per heavy atom. The summed E-state index contributed by atoms with van der Waals surface area (Å²) in [7, 11) is -0.415. The van der Waals surface area contributed by atoms with Gasteiger partial charge in [-0.05, 0) is 52.2 Å². The van der Waals surface area contributed by atoms with Crippen molar-refractivity contribution in [3.05, 3.63) is 28.8 Å². The third kappa shape index (κ3) is 2.94. The summed E-state index contributed by atoms with van der Waals surface area (Å²) in [6.07, 6.45) is 2.27. The standard InChI is InChI=1S/C17H24BClO3/c1-16(2)17(3,4)22-18(21-16)14-10-12(7-8-15(14)19)13-6-5-9-20-11-13/h7-8,10,13H,5-6,9,11H2,1-4H3. The third-order valence-corrected chi connectivity index (χ3v) is 5.50. The van der Waals surface area contributed by atoms with Crippen molar-refractivity contribution in [2.24, 2.45) is 0 Å². The lowest BCUT2D eigenvalue weighted by Gasteiger charge is -2.32. The van der Waals surface area contributed by atoms with Crippen LogP contribution in [0.3, 0.4) is 0 Å². The molecule has 0 N–H and O–H groups in total. The molecule has 0 aliphatic carbocycles. The van der Waals surface area contributed by atoms with Crippen LogP contribution in [0.2, 0.25) is 5.02 Å². The highest BCUT2D eigenvalue weighted by molar-refractivity contribution is 6.65. The second-order valence-electron chi connectivity index (χ2n) is 7.28. The number of halogens is 1. The molecule has 1 aromatic carbocycles. The molecule has 2 heterocycles. The van der Waals surface area contributed by atoms with E-state index in [1.807, 2.05) is 6.07 Å². The number of rotatable bonds is 2. The summed E-state index contributed by atoms with van der Waals surface area (Å²) in [5.41, 5.74) is 1.47. The molecule has 5 heteroatoms. The molecule has 1 unspecified atom stereocenters.